The predicted octanol–water partition coefficient (Wildman–Crippen LogP) is 2.70. The van der Waals surface area contributed by atoms with Gasteiger partial charge in [0.2, 0.25) is 5.91 Å². The number of guanidine groups is 1. The molecule has 0 bridgehead atoms. The molecule has 0 saturated carbocycles. The van der Waals surface area contributed by atoms with Crippen molar-refractivity contribution in [1.82, 2.24) is 16.0 Å². The molecule has 0 aromatic heterocycles. The van der Waals surface area contributed by atoms with Crippen LogP contribution in [0.2, 0.25) is 5.02 Å². The summed E-state index contributed by atoms with van der Waals surface area (Å²) in [4.78, 5) is 16.2. The van der Waals surface area contributed by atoms with Crippen LogP contribution in [-0.2, 0) is 11.3 Å². The van der Waals surface area contributed by atoms with Crippen molar-refractivity contribution in [3.63, 3.8) is 0 Å². The molecule has 23 heavy (non-hydrogen) atoms. The second-order valence-electron chi connectivity index (χ2n) is 5.34. The predicted molar refractivity (Wildman–Crippen MR) is 96.8 cm³/mol. The van der Waals surface area contributed by atoms with Crippen molar-refractivity contribution in [2.75, 3.05) is 13.1 Å². The Kier molecular flexibility index (Phi) is 9.14. The zero-order valence-electron chi connectivity index (χ0n) is 14.2. The van der Waals surface area contributed by atoms with E-state index in [4.69, 9.17) is 11.6 Å². The molecular weight excluding hydrogens is 312 g/mol. The molecule has 0 heterocycles. The minimum absolute atomic E-state index is 0.0498. The van der Waals surface area contributed by atoms with Gasteiger partial charge in [-0.2, -0.15) is 0 Å². The first-order chi connectivity index (χ1) is 11.1. The van der Waals surface area contributed by atoms with Crippen LogP contribution in [0.15, 0.2) is 29.3 Å². The number of halogens is 1. The van der Waals surface area contributed by atoms with Crippen LogP contribution in [0.4, 0.5) is 0 Å². The summed E-state index contributed by atoms with van der Waals surface area (Å²) in [7, 11) is 0. The van der Waals surface area contributed by atoms with Crippen LogP contribution in [0.3, 0.4) is 0 Å². The number of amides is 1. The third-order valence-electron chi connectivity index (χ3n) is 3.37. The first kappa shape index (κ1) is 19.3. The van der Waals surface area contributed by atoms with Crippen LogP contribution in [-0.4, -0.2) is 31.0 Å². The van der Waals surface area contributed by atoms with Crippen LogP contribution in [0.1, 0.15) is 39.2 Å². The summed E-state index contributed by atoms with van der Waals surface area (Å²) >= 11 is 6.13. The van der Waals surface area contributed by atoms with E-state index in [0.717, 1.165) is 18.5 Å². The van der Waals surface area contributed by atoms with E-state index in [0.29, 0.717) is 30.5 Å². The SMILES string of the molecule is CCNC(=NCc1ccccc1Cl)NCCC(=O)NC(C)CC. The van der Waals surface area contributed by atoms with Crippen LogP contribution in [0, 0.1) is 0 Å². The van der Waals surface area contributed by atoms with Crippen LogP contribution < -0.4 is 16.0 Å². The highest BCUT2D eigenvalue weighted by atomic mass is 35.5. The summed E-state index contributed by atoms with van der Waals surface area (Å²) in [6.45, 7) is 7.84. The number of nitrogens with zero attached hydrogens (tertiary/aromatic N) is 1. The Bertz CT molecular complexity index is 519. The smallest absolute Gasteiger partial charge is 0.221 e. The molecule has 1 aromatic rings. The number of hydrogen-bond acceptors (Lipinski definition) is 2. The summed E-state index contributed by atoms with van der Waals surface area (Å²) in [5, 5.41) is 9.98. The first-order valence-electron chi connectivity index (χ1n) is 8.11. The van der Waals surface area contributed by atoms with E-state index in [2.05, 4.69) is 20.9 Å². The molecule has 0 spiro atoms. The van der Waals surface area contributed by atoms with Gasteiger partial charge < -0.3 is 16.0 Å². The molecule has 1 unspecified atom stereocenters. The molecular formula is C17H27ClN4O. The number of rotatable bonds is 8. The Labute approximate surface area is 143 Å². The van der Waals surface area contributed by atoms with Crippen molar-refractivity contribution < 1.29 is 4.79 Å². The lowest BCUT2D eigenvalue weighted by molar-refractivity contribution is -0.121. The lowest BCUT2D eigenvalue weighted by Gasteiger charge is -2.13. The zero-order chi connectivity index (χ0) is 17.1. The molecule has 0 radical (unpaired) electrons. The lowest BCUT2D eigenvalue weighted by Crippen LogP contribution is -2.40. The Hall–Kier alpha value is -1.75. The number of aliphatic imine (C=N–C) groups is 1. The van der Waals surface area contributed by atoms with Gasteiger partial charge in [-0.25, -0.2) is 4.99 Å². The van der Waals surface area contributed by atoms with Crippen molar-refractivity contribution in [3.8, 4) is 0 Å². The highest BCUT2D eigenvalue weighted by Gasteiger charge is 2.06. The maximum Gasteiger partial charge on any atom is 0.221 e. The molecule has 6 heteroatoms. The largest absolute Gasteiger partial charge is 0.357 e. The van der Waals surface area contributed by atoms with Gasteiger partial charge in [0, 0.05) is 30.6 Å². The molecule has 1 amide bonds. The minimum atomic E-state index is 0.0498. The number of hydrogen-bond donors (Lipinski definition) is 3. The van der Waals surface area contributed by atoms with E-state index in [-0.39, 0.29) is 11.9 Å². The average molecular weight is 339 g/mol. The summed E-state index contributed by atoms with van der Waals surface area (Å²) in [5.41, 5.74) is 0.973. The van der Waals surface area contributed by atoms with Gasteiger partial charge in [0.15, 0.2) is 5.96 Å². The molecule has 1 atom stereocenters. The van der Waals surface area contributed by atoms with Gasteiger partial charge in [-0.1, -0.05) is 36.7 Å². The maximum absolute atomic E-state index is 11.7. The monoisotopic (exact) mass is 338 g/mol. The fourth-order valence-electron chi connectivity index (χ4n) is 1.88. The summed E-state index contributed by atoms with van der Waals surface area (Å²) < 4.78 is 0. The molecule has 0 aliphatic rings. The number of nitrogens with one attached hydrogen (secondary N) is 3. The van der Waals surface area contributed by atoms with Crippen molar-refractivity contribution in [2.45, 2.75) is 46.2 Å². The normalized spacial score (nSPS) is 12.6. The topological polar surface area (TPSA) is 65.5 Å². The third kappa shape index (κ3) is 7.88. The van der Waals surface area contributed by atoms with Crippen molar-refractivity contribution in [1.29, 1.82) is 0 Å². The van der Waals surface area contributed by atoms with Gasteiger partial charge in [0.25, 0.3) is 0 Å². The van der Waals surface area contributed by atoms with Crippen LogP contribution in [0.25, 0.3) is 0 Å². The van der Waals surface area contributed by atoms with Crippen LogP contribution >= 0.6 is 11.6 Å². The van der Waals surface area contributed by atoms with E-state index in [9.17, 15) is 4.79 Å². The number of carbonyl (C=O) groups is 1. The molecule has 0 saturated heterocycles. The lowest BCUT2D eigenvalue weighted by atomic mass is 10.2. The molecule has 0 aliphatic carbocycles. The van der Waals surface area contributed by atoms with E-state index >= 15 is 0 Å². The Morgan fingerprint density at radius 1 is 1.26 bits per heavy atom. The van der Waals surface area contributed by atoms with Gasteiger partial charge in [-0.3, -0.25) is 4.79 Å². The average Bonchev–Trinajstić information content (AvgIpc) is 2.53. The minimum Gasteiger partial charge on any atom is -0.357 e. The second-order valence-corrected chi connectivity index (χ2v) is 5.75. The molecule has 0 fully saturated rings. The van der Waals surface area contributed by atoms with Crippen LogP contribution in [0.5, 0.6) is 0 Å². The van der Waals surface area contributed by atoms with Gasteiger partial charge in [-0.15, -0.1) is 0 Å². The summed E-state index contributed by atoms with van der Waals surface area (Å²) in [6.07, 6.45) is 1.35. The van der Waals surface area contributed by atoms with Crippen molar-refractivity contribution in [2.24, 2.45) is 4.99 Å². The van der Waals surface area contributed by atoms with Crippen molar-refractivity contribution >= 4 is 23.5 Å². The molecule has 128 valence electrons. The number of carbonyl (C=O) groups excluding carboxylic acids is 1. The number of benzene rings is 1. The third-order valence-corrected chi connectivity index (χ3v) is 3.74. The molecule has 3 N–H and O–H groups in total. The molecule has 1 rings (SSSR count). The Morgan fingerprint density at radius 3 is 2.65 bits per heavy atom. The molecule has 1 aromatic carbocycles. The molecule has 5 nitrogen and oxygen atoms in total. The fraction of sp³-hybridized carbons (Fsp3) is 0.529. The maximum atomic E-state index is 11.7. The zero-order valence-corrected chi connectivity index (χ0v) is 14.9. The van der Waals surface area contributed by atoms with E-state index in [1.807, 2.05) is 45.0 Å². The highest BCUT2D eigenvalue weighted by molar-refractivity contribution is 6.31. The van der Waals surface area contributed by atoms with E-state index < -0.39 is 0 Å². The highest BCUT2D eigenvalue weighted by Crippen LogP contribution is 2.15. The summed E-state index contributed by atoms with van der Waals surface area (Å²) in [6, 6.07) is 7.86. The van der Waals surface area contributed by atoms with Gasteiger partial charge >= 0.3 is 0 Å². The quantitative estimate of drug-likeness (QED) is 0.504. The van der Waals surface area contributed by atoms with Gasteiger partial charge in [-0.05, 0) is 31.9 Å². The fourth-order valence-corrected chi connectivity index (χ4v) is 2.07. The van der Waals surface area contributed by atoms with Gasteiger partial charge in [0.05, 0.1) is 6.54 Å². The second kappa shape index (κ2) is 10.9. The van der Waals surface area contributed by atoms with Crippen molar-refractivity contribution in [3.05, 3.63) is 34.9 Å². The van der Waals surface area contributed by atoms with Gasteiger partial charge in [0.1, 0.15) is 0 Å². The Morgan fingerprint density at radius 2 is 2.00 bits per heavy atom. The summed E-state index contributed by atoms with van der Waals surface area (Å²) in [5.74, 6) is 0.734. The molecule has 0 aliphatic heterocycles. The van der Waals surface area contributed by atoms with E-state index in [1.165, 1.54) is 0 Å². The van der Waals surface area contributed by atoms with E-state index in [1.54, 1.807) is 0 Å². The standard InChI is InChI=1S/C17H27ClN4O/c1-4-13(3)22-16(23)10-11-20-17(19-5-2)21-12-14-8-6-7-9-15(14)18/h6-9,13H,4-5,10-12H2,1-3H3,(H,22,23)(H2,19,20,21). The Balaban J connectivity index is 2.47. The first-order valence-corrected chi connectivity index (χ1v) is 8.49.